The lowest BCUT2D eigenvalue weighted by Crippen LogP contribution is -1.80. The Labute approximate surface area is 103 Å². The quantitative estimate of drug-likeness (QED) is 0.773. The van der Waals surface area contributed by atoms with Crippen LogP contribution in [0.25, 0.3) is 11.1 Å². The van der Waals surface area contributed by atoms with E-state index < -0.39 is 7.69 Å². The zero-order valence-corrected chi connectivity index (χ0v) is 10.0. The van der Waals surface area contributed by atoms with Crippen LogP contribution >= 0.6 is 0 Å². The maximum atomic E-state index is 7.12. The Morgan fingerprint density at radius 3 is 1.76 bits per heavy atom. The summed E-state index contributed by atoms with van der Waals surface area (Å²) in [5.41, 5.74) is 3.97. The fourth-order valence-electron chi connectivity index (χ4n) is 1.56. The standard InChI is InChI=1S/C14H14.BH3O2/c1-2-12-8-10-14(11-9-12)13-6-4-3-5-7-13;2-1-3/h3-11H,2H2,1H3;1-3H. The van der Waals surface area contributed by atoms with Crippen LogP contribution in [-0.2, 0) is 6.42 Å². The summed E-state index contributed by atoms with van der Waals surface area (Å²) in [7, 11) is -0.750. The van der Waals surface area contributed by atoms with Crippen molar-refractivity contribution >= 4 is 7.69 Å². The fraction of sp³-hybridized carbons (Fsp3) is 0.143. The summed E-state index contributed by atoms with van der Waals surface area (Å²) in [5.74, 6) is 0. The van der Waals surface area contributed by atoms with Crippen molar-refractivity contribution in [1.29, 1.82) is 0 Å². The van der Waals surface area contributed by atoms with Gasteiger partial charge in [0.25, 0.3) is 0 Å². The fourth-order valence-corrected chi connectivity index (χ4v) is 1.56. The smallest absolute Gasteiger partial charge is 0.430 e. The minimum Gasteiger partial charge on any atom is -0.430 e. The van der Waals surface area contributed by atoms with Crippen molar-refractivity contribution in [3.05, 3.63) is 60.2 Å². The summed E-state index contributed by atoms with van der Waals surface area (Å²) in [6.45, 7) is 2.18. The van der Waals surface area contributed by atoms with Crippen LogP contribution in [0.2, 0.25) is 0 Å². The number of hydrogen-bond donors (Lipinski definition) is 2. The molecule has 0 radical (unpaired) electrons. The molecule has 2 rings (SSSR count). The maximum Gasteiger partial charge on any atom is 0.432 e. The minimum absolute atomic E-state index is 0.750. The van der Waals surface area contributed by atoms with E-state index >= 15 is 0 Å². The van der Waals surface area contributed by atoms with Gasteiger partial charge in [-0.25, -0.2) is 0 Å². The van der Waals surface area contributed by atoms with E-state index in [9.17, 15) is 0 Å². The van der Waals surface area contributed by atoms with Crippen molar-refractivity contribution in [3.8, 4) is 11.1 Å². The molecule has 0 heterocycles. The van der Waals surface area contributed by atoms with Gasteiger partial charge in [0.15, 0.2) is 0 Å². The van der Waals surface area contributed by atoms with E-state index in [-0.39, 0.29) is 0 Å². The molecule has 0 aliphatic carbocycles. The summed E-state index contributed by atoms with van der Waals surface area (Å²) in [6.07, 6.45) is 1.11. The van der Waals surface area contributed by atoms with E-state index in [1.807, 2.05) is 6.07 Å². The van der Waals surface area contributed by atoms with Crippen LogP contribution in [0.5, 0.6) is 0 Å². The second-order valence-electron chi connectivity index (χ2n) is 3.56. The minimum atomic E-state index is -0.750. The molecule has 0 saturated carbocycles. The molecule has 88 valence electrons. The number of benzene rings is 2. The molecule has 17 heavy (non-hydrogen) atoms. The molecule has 3 heteroatoms. The van der Waals surface area contributed by atoms with Gasteiger partial charge in [-0.2, -0.15) is 0 Å². The van der Waals surface area contributed by atoms with Crippen LogP contribution in [0, 0.1) is 0 Å². The third-order valence-electron chi connectivity index (χ3n) is 2.47. The van der Waals surface area contributed by atoms with Gasteiger partial charge in [0, 0.05) is 0 Å². The van der Waals surface area contributed by atoms with Crippen LogP contribution < -0.4 is 0 Å². The predicted octanol–water partition coefficient (Wildman–Crippen LogP) is 2.15. The zero-order chi connectivity index (χ0) is 12.5. The summed E-state index contributed by atoms with van der Waals surface area (Å²) < 4.78 is 0. The Kier molecular flexibility index (Phi) is 6.08. The predicted molar refractivity (Wildman–Crippen MR) is 72.8 cm³/mol. The maximum absolute atomic E-state index is 7.12. The lowest BCUT2D eigenvalue weighted by atomic mass is 10.0. The van der Waals surface area contributed by atoms with Gasteiger partial charge in [0.1, 0.15) is 0 Å². The highest BCUT2D eigenvalue weighted by Crippen LogP contribution is 2.19. The monoisotopic (exact) mass is 228 g/mol. The molecule has 2 nitrogen and oxygen atoms in total. The topological polar surface area (TPSA) is 40.5 Å². The summed E-state index contributed by atoms with van der Waals surface area (Å²) in [4.78, 5) is 0. The van der Waals surface area contributed by atoms with Gasteiger partial charge < -0.3 is 10.0 Å². The molecule has 2 N–H and O–H groups in total. The molecule has 0 aromatic heterocycles. The van der Waals surface area contributed by atoms with E-state index in [2.05, 4.69) is 55.5 Å². The van der Waals surface area contributed by atoms with E-state index in [0.717, 1.165) is 6.42 Å². The first-order valence-electron chi connectivity index (χ1n) is 5.68. The van der Waals surface area contributed by atoms with Crippen molar-refractivity contribution in [2.45, 2.75) is 13.3 Å². The molecular weight excluding hydrogens is 211 g/mol. The second-order valence-corrected chi connectivity index (χ2v) is 3.56. The van der Waals surface area contributed by atoms with Crippen molar-refractivity contribution in [3.63, 3.8) is 0 Å². The molecule has 0 unspecified atom stereocenters. The second kappa shape index (κ2) is 7.66. The number of aryl methyl sites for hydroxylation is 1. The first-order chi connectivity index (χ1) is 8.31. The molecule has 0 spiro atoms. The van der Waals surface area contributed by atoms with Gasteiger partial charge in [-0.3, -0.25) is 0 Å². The number of rotatable bonds is 2. The van der Waals surface area contributed by atoms with Crippen molar-refractivity contribution in [1.82, 2.24) is 0 Å². The van der Waals surface area contributed by atoms with Crippen LogP contribution in [0.3, 0.4) is 0 Å². The third kappa shape index (κ3) is 4.43. The van der Waals surface area contributed by atoms with Crippen LogP contribution in [0.15, 0.2) is 54.6 Å². The third-order valence-corrected chi connectivity index (χ3v) is 2.47. The molecule has 0 amide bonds. The molecule has 2 aromatic carbocycles. The summed E-state index contributed by atoms with van der Waals surface area (Å²) in [5, 5.41) is 14.2. The van der Waals surface area contributed by atoms with Crippen LogP contribution in [-0.4, -0.2) is 17.7 Å². The van der Waals surface area contributed by atoms with Gasteiger partial charge in [0.2, 0.25) is 0 Å². The number of hydrogen-bond acceptors (Lipinski definition) is 2. The summed E-state index contributed by atoms with van der Waals surface area (Å²) >= 11 is 0. The molecule has 0 aliphatic heterocycles. The van der Waals surface area contributed by atoms with E-state index in [4.69, 9.17) is 10.0 Å². The highest BCUT2D eigenvalue weighted by atomic mass is 16.4. The Hall–Kier alpha value is -1.58. The van der Waals surface area contributed by atoms with Crippen LogP contribution in [0.1, 0.15) is 12.5 Å². The molecule has 0 saturated heterocycles. The Bertz CT molecular complexity index is 412. The molecule has 0 fully saturated rings. The summed E-state index contributed by atoms with van der Waals surface area (Å²) in [6, 6.07) is 19.2. The normalized spacial score (nSPS) is 9.12. The molecule has 0 atom stereocenters. The Balaban J connectivity index is 0.000000437. The van der Waals surface area contributed by atoms with Gasteiger partial charge in [0.05, 0.1) is 0 Å². The molecular formula is C14H17BO2. The lowest BCUT2D eigenvalue weighted by Gasteiger charge is -2.02. The van der Waals surface area contributed by atoms with E-state index in [1.54, 1.807) is 0 Å². The first kappa shape index (κ1) is 13.5. The average Bonchev–Trinajstić information content (AvgIpc) is 2.41. The lowest BCUT2D eigenvalue weighted by molar-refractivity contribution is 0.448. The van der Waals surface area contributed by atoms with Gasteiger partial charge in [-0.15, -0.1) is 0 Å². The Morgan fingerprint density at radius 2 is 1.29 bits per heavy atom. The van der Waals surface area contributed by atoms with Gasteiger partial charge >= 0.3 is 7.69 Å². The zero-order valence-electron chi connectivity index (χ0n) is 10.0. The van der Waals surface area contributed by atoms with E-state index in [0.29, 0.717) is 0 Å². The van der Waals surface area contributed by atoms with E-state index in [1.165, 1.54) is 16.7 Å². The SMILES string of the molecule is CCc1ccc(-c2ccccc2)cc1.OBO. The molecule has 0 bridgehead atoms. The largest absolute Gasteiger partial charge is 0.432 e. The van der Waals surface area contributed by atoms with Crippen molar-refractivity contribution in [2.75, 3.05) is 0 Å². The Morgan fingerprint density at radius 1 is 0.824 bits per heavy atom. The van der Waals surface area contributed by atoms with Gasteiger partial charge in [-0.1, -0.05) is 61.5 Å². The van der Waals surface area contributed by atoms with Gasteiger partial charge in [-0.05, 0) is 23.1 Å². The molecule has 0 aliphatic rings. The first-order valence-corrected chi connectivity index (χ1v) is 5.68. The molecule has 2 aromatic rings. The average molecular weight is 228 g/mol. The van der Waals surface area contributed by atoms with Crippen LogP contribution in [0.4, 0.5) is 0 Å². The van der Waals surface area contributed by atoms with Crippen molar-refractivity contribution in [2.24, 2.45) is 0 Å². The highest BCUT2D eigenvalue weighted by molar-refractivity contribution is 6.13. The highest BCUT2D eigenvalue weighted by Gasteiger charge is 1.95. The van der Waals surface area contributed by atoms with Crippen molar-refractivity contribution < 1.29 is 10.0 Å².